The maximum absolute atomic E-state index is 12.8. The lowest BCUT2D eigenvalue weighted by molar-refractivity contribution is -0.140. The molecule has 2 aromatic carbocycles. The van der Waals surface area contributed by atoms with Crippen molar-refractivity contribution in [1.82, 2.24) is 4.90 Å². The third kappa shape index (κ3) is 5.41. The van der Waals surface area contributed by atoms with E-state index in [1.54, 1.807) is 0 Å². The normalized spacial score (nSPS) is 22.4. The van der Waals surface area contributed by atoms with Crippen molar-refractivity contribution in [3.05, 3.63) is 63.1 Å². The summed E-state index contributed by atoms with van der Waals surface area (Å²) in [5.41, 5.74) is 4.42. The van der Waals surface area contributed by atoms with Gasteiger partial charge in [0, 0.05) is 24.0 Å². The fourth-order valence-electron chi connectivity index (χ4n) is 4.92. The second-order valence-electron chi connectivity index (χ2n) is 9.12. The molecule has 1 heterocycles. The van der Waals surface area contributed by atoms with Gasteiger partial charge in [0.15, 0.2) is 0 Å². The van der Waals surface area contributed by atoms with E-state index < -0.39 is 0 Å². The molecule has 0 unspecified atom stereocenters. The van der Waals surface area contributed by atoms with E-state index in [1.165, 1.54) is 5.56 Å². The molecule has 2 aliphatic rings. The molecule has 0 bridgehead atoms. The standard InChI is InChI=1S/C26H32Cl2N2O2/c1-17-3-9-22(24(28)15-17)18(2)29-25-16-21(8-10-23(25)27)19-4-6-20(7-5-19)26(31)30-11-13-32-14-12-30/h3,8-10,15-16,18-20,29H,4-7,11-14H2,1-2H3/t18-,19-,20+/m1/s1. The van der Waals surface area contributed by atoms with Gasteiger partial charge in [-0.3, -0.25) is 4.79 Å². The van der Waals surface area contributed by atoms with Gasteiger partial charge in [0.05, 0.1) is 30.0 Å². The maximum Gasteiger partial charge on any atom is 0.225 e. The van der Waals surface area contributed by atoms with Crippen LogP contribution in [0, 0.1) is 12.8 Å². The third-order valence-electron chi connectivity index (χ3n) is 6.86. The van der Waals surface area contributed by atoms with Crippen molar-refractivity contribution < 1.29 is 9.53 Å². The van der Waals surface area contributed by atoms with E-state index in [2.05, 4.69) is 36.5 Å². The molecular formula is C26H32Cl2N2O2. The zero-order valence-corrected chi connectivity index (χ0v) is 20.4. The van der Waals surface area contributed by atoms with Crippen molar-refractivity contribution in [2.75, 3.05) is 31.6 Å². The number of carbonyl (C=O) groups is 1. The minimum Gasteiger partial charge on any atom is -0.378 e. The number of hydrogen-bond donors (Lipinski definition) is 1. The number of anilines is 1. The topological polar surface area (TPSA) is 41.6 Å². The van der Waals surface area contributed by atoms with Crippen molar-refractivity contribution in [2.45, 2.75) is 51.5 Å². The molecule has 1 saturated carbocycles. The van der Waals surface area contributed by atoms with Gasteiger partial charge in [-0.2, -0.15) is 0 Å². The van der Waals surface area contributed by atoms with Gasteiger partial charge in [0.1, 0.15) is 0 Å². The van der Waals surface area contributed by atoms with E-state index in [0.29, 0.717) is 30.1 Å². The molecule has 1 aliphatic carbocycles. The molecule has 0 aromatic heterocycles. The van der Waals surface area contributed by atoms with Crippen molar-refractivity contribution in [3.63, 3.8) is 0 Å². The molecule has 4 nitrogen and oxygen atoms in total. The Morgan fingerprint density at radius 3 is 2.44 bits per heavy atom. The van der Waals surface area contributed by atoms with Gasteiger partial charge in [0.25, 0.3) is 0 Å². The van der Waals surface area contributed by atoms with E-state index >= 15 is 0 Å². The van der Waals surface area contributed by atoms with E-state index in [9.17, 15) is 4.79 Å². The van der Waals surface area contributed by atoms with E-state index in [1.807, 2.05) is 24.0 Å². The molecule has 0 spiro atoms. The average Bonchev–Trinajstić information content (AvgIpc) is 2.80. The minimum absolute atomic E-state index is 0.0396. The molecular weight excluding hydrogens is 443 g/mol. The number of hydrogen-bond acceptors (Lipinski definition) is 3. The van der Waals surface area contributed by atoms with Gasteiger partial charge in [-0.1, -0.05) is 41.4 Å². The molecule has 1 saturated heterocycles. The number of nitrogens with zero attached hydrogens (tertiary/aromatic N) is 1. The Bertz CT molecular complexity index is 951. The lowest BCUT2D eigenvalue weighted by atomic mass is 9.78. The van der Waals surface area contributed by atoms with Crippen molar-refractivity contribution in [2.24, 2.45) is 5.92 Å². The molecule has 6 heteroatoms. The highest BCUT2D eigenvalue weighted by Crippen LogP contribution is 2.39. The van der Waals surface area contributed by atoms with Crippen molar-refractivity contribution in [1.29, 1.82) is 0 Å². The van der Waals surface area contributed by atoms with Gasteiger partial charge in [-0.25, -0.2) is 0 Å². The van der Waals surface area contributed by atoms with Crippen LogP contribution in [0.5, 0.6) is 0 Å². The highest BCUT2D eigenvalue weighted by Gasteiger charge is 2.31. The van der Waals surface area contributed by atoms with Gasteiger partial charge in [-0.15, -0.1) is 0 Å². The number of aryl methyl sites for hydroxylation is 1. The van der Waals surface area contributed by atoms with Crippen molar-refractivity contribution in [3.8, 4) is 0 Å². The predicted octanol–water partition coefficient (Wildman–Crippen LogP) is 6.61. The zero-order valence-electron chi connectivity index (χ0n) is 18.9. The summed E-state index contributed by atoms with van der Waals surface area (Å²) in [6, 6.07) is 12.5. The number of morpholine rings is 1. The maximum atomic E-state index is 12.8. The minimum atomic E-state index is 0.0396. The van der Waals surface area contributed by atoms with Crippen LogP contribution in [-0.4, -0.2) is 37.1 Å². The summed E-state index contributed by atoms with van der Waals surface area (Å²) in [5.74, 6) is 0.923. The molecule has 1 atom stereocenters. The van der Waals surface area contributed by atoms with Crippen LogP contribution in [0.3, 0.4) is 0 Å². The monoisotopic (exact) mass is 474 g/mol. The van der Waals surface area contributed by atoms with Crippen LogP contribution < -0.4 is 5.32 Å². The van der Waals surface area contributed by atoms with E-state index in [4.69, 9.17) is 27.9 Å². The number of carbonyl (C=O) groups excluding carboxylic acids is 1. The fourth-order valence-corrected chi connectivity index (χ4v) is 5.49. The summed E-state index contributed by atoms with van der Waals surface area (Å²) in [6.07, 6.45) is 3.95. The van der Waals surface area contributed by atoms with Crippen LogP contribution in [0.15, 0.2) is 36.4 Å². The lowest BCUT2D eigenvalue weighted by Crippen LogP contribution is -2.44. The van der Waals surface area contributed by atoms with Crippen LogP contribution in [-0.2, 0) is 9.53 Å². The molecule has 2 aromatic rings. The van der Waals surface area contributed by atoms with Crippen LogP contribution in [0.25, 0.3) is 0 Å². The van der Waals surface area contributed by atoms with Gasteiger partial charge in [0.2, 0.25) is 5.91 Å². The van der Waals surface area contributed by atoms with Crippen LogP contribution in [0.2, 0.25) is 10.0 Å². The lowest BCUT2D eigenvalue weighted by Gasteiger charge is -2.34. The Balaban J connectivity index is 1.40. The van der Waals surface area contributed by atoms with Gasteiger partial charge >= 0.3 is 0 Å². The molecule has 1 N–H and O–H groups in total. The van der Waals surface area contributed by atoms with Crippen LogP contribution in [0.4, 0.5) is 5.69 Å². The Kier molecular flexibility index (Phi) is 7.65. The average molecular weight is 475 g/mol. The fraction of sp³-hybridized carbons (Fsp3) is 0.500. The third-order valence-corrected chi connectivity index (χ3v) is 7.51. The summed E-state index contributed by atoms with van der Waals surface area (Å²) in [4.78, 5) is 14.8. The van der Waals surface area contributed by atoms with Crippen molar-refractivity contribution >= 4 is 34.8 Å². The van der Waals surface area contributed by atoms with Crippen LogP contribution in [0.1, 0.15) is 61.3 Å². The summed E-state index contributed by atoms with van der Waals surface area (Å²) < 4.78 is 5.38. The quantitative estimate of drug-likeness (QED) is 0.529. The molecule has 1 aliphatic heterocycles. The largest absolute Gasteiger partial charge is 0.378 e. The number of amides is 1. The van der Waals surface area contributed by atoms with E-state index in [0.717, 1.165) is 60.6 Å². The highest BCUT2D eigenvalue weighted by atomic mass is 35.5. The Hall–Kier alpha value is -1.75. The molecule has 2 fully saturated rings. The Labute approximate surface area is 201 Å². The summed E-state index contributed by atoms with van der Waals surface area (Å²) in [6.45, 7) is 6.92. The number of ether oxygens (including phenoxy) is 1. The molecule has 0 radical (unpaired) electrons. The van der Waals surface area contributed by atoms with Gasteiger partial charge in [-0.05, 0) is 80.3 Å². The number of nitrogens with one attached hydrogen (secondary N) is 1. The number of benzene rings is 2. The first-order valence-corrected chi connectivity index (χ1v) is 12.4. The molecule has 4 rings (SSSR count). The molecule has 32 heavy (non-hydrogen) atoms. The number of halogens is 2. The number of rotatable bonds is 5. The van der Waals surface area contributed by atoms with Crippen LogP contribution >= 0.6 is 23.2 Å². The second kappa shape index (κ2) is 10.5. The first-order valence-electron chi connectivity index (χ1n) is 11.6. The molecule has 1 amide bonds. The summed E-state index contributed by atoms with van der Waals surface area (Å²) in [7, 11) is 0. The highest BCUT2D eigenvalue weighted by molar-refractivity contribution is 6.33. The first kappa shape index (κ1) is 23.4. The van der Waals surface area contributed by atoms with E-state index in [-0.39, 0.29) is 12.0 Å². The Morgan fingerprint density at radius 1 is 1.03 bits per heavy atom. The Morgan fingerprint density at radius 2 is 1.75 bits per heavy atom. The predicted molar refractivity (Wildman–Crippen MR) is 132 cm³/mol. The second-order valence-corrected chi connectivity index (χ2v) is 9.93. The van der Waals surface area contributed by atoms with Gasteiger partial charge < -0.3 is 15.0 Å². The summed E-state index contributed by atoms with van der Waals surface area (Å²) in [5, 5.41) is 5.02. The summed E-state index contributed by atoms with van der Waals surface area (Å²) >= 11 is 13.0. The molecule has 172 valence electrons. The SMILES string of the molecule is Cc1ccc([C@@H](C)Nc2cc([C@H]3CC[C@@H](C(=O)N4CCOCC4)CC3)ccc2Cl)c(Cl)c1. The first-order chi connectivity index (χ1) is 15.4. The smallest absolute Gasteiger partial charge is 0.225 e. The zero-order chi connectivity index (χ0) is 22.7.